The highest BCUT2D eigenvalue weighted by Crippen LogP contribution is 2.29. The fourth-order valence-corrected chi connectivity index (χ4v) is 2.51. The summed E-state index contributed by atoms with van der Waals surface area (Å²) in [4.78, 5) is 29.4. The molecule has 22 heavy (non-hydrogen) atoms. The summed E-state index contributed by atoms with van der Waals surface area (Å²) in [5, 5.41) is 9.95. The Bertz CT molecular complexity index is 845. The summed E-state index contributed by atoms with van der Waals surface area (Å²) in [6.07, 6.45) is 0. The van der Waals surface area contributed by atoms with Crippen LogP contribution >= 0.6 is 35.0 Å². The Labute approximate surface area is 139 Å². The van der Waals surface area contributed by atoms with Crippen LogP contribution in [-0.2, 0) is 4.79 Å². The third-order valence-electron chi connectivity index (χ3n) is 2.55. The zero-order chi connectivity index (χ0) is 16.3. The summed E-state index contributed by atoms with van der Waals surface area (Å²) in [6, 6.07) is 6.45. The fourth-order valence-electron chi connectivity index (χ4n) is 1.62. The number of thioether (sulfide) groups is 1. The minimum Gasteiger partial charge on any atom is -0.369 e. The fraction of sp³-hybridized carbons (Fsp3) is 0.0769. The maximum absolute atomic E-state index is 12.0. The van der Waals surface area contributed by atoms with Crippen LogP contribution in [0.4, 0.5) is 0 Å². The summed E-state index contributed by atoms with van der Waals surface area (Å²) >= 11 is 12.8. The number of benzene rings is 1. The number of hydrogen-bond donors (Lipinski definition) is 2. The first-order valence-corrected chi connectivity index (χ1v) is 7.57. The van der Waals surface area contributed by atoms with Crippen molar-refractivity contribution in [3.05, 3.63) is 44.2 Å². The van der Waals surface area contributed by atoms with E-state index in [1.807, 2.05) is 0 Å². The molecule has 0 saturated carbocycles. The second-order valence-corrected chi connectivity index (χ2v) is 5.87. The molecule has 1 aromatic heterocycles. The van der Waals surface area contributed by atoms with Gasteiger partial charge in [-0.1, -0.05) is 41.0 Å². The van der Waals surface area contributed by atoms with Gasteiger partial charge in [0.1, 0.15) is 11.6 Å². The molecule has 2 aromatic rings. The summed E-state index contributed by atoms with van der Waals surface area (Å²) in [7, 11) is 0. The van der Waals surface area contributed by atoms with Crippen molar-refractivity contribution in [2.75, 3.05) is 5.75 Å². The van der Waals surface area contributed by atoms with E-state index < -0.39 is 11.5 Å². The number of hydrogen-bond acceptors (Lipinski definition) is 5. The molecule has 0 fully saturated rings. The van der Waals surface area contributed by atoms with Crippen molar-refractivity contribution in [3.63, 3.8) is 0 Å². The van der Waals surface area contributed by atoms with Gasteiger partial charge in [-0.3, -0.25) is 9.59 Å². The molecule has 0 aliphatic rings. The number of carbonyl (C=O) groups is 1. The van der Waals surface area contributed by atoms with Crippen LogP contribution in [0.2, 0.25) is 10.0 Å². The second kappa shape index (κ2) is 6.83. The third kappa shape index (κ3) is 3.60. The molecule has 0 unspecified atom stereocenters. The Kier molecular flexibility index (Phi) is 5.08. The van der Waals surface area contributed by atoms with E-state index in [4.69, 9.17) is 34.2 Å². The summed E-state index contributed by atoms with van der Waals surface area (Å²) < 4.78 is 0. The van der Waals surface area contributed by atoms with Gasteiger partial charge in [-0.05, 0) is 12.1 Å². The Morgan fingerprint density at radius 3 is 2.73 bits per heavy atom. The Morgan fingerprint density at radius 2 is 2.14 bits per heavy atom. The van der Waals surface area contributed by atoms with Crippen molar-refractivity contribution in [2.45, 2.75) is 5.16 Å². The number of nitriles is 1. The predicted molar refractivity (Wildman–Crippen MR) is 84.9 cm³/mol. The van der Waals surface area contributed by atoms with Crippen LogP contribution in [0, 0.1) is 11.3 Å². The van der Waals surface area contributed by atoms with Gasteiger partial charge in [-0.25, -0.2) is 4.98 Å². The number of nitrogens with one attached hydrogen (secondary N) is 1. The maximum Gasteiger partial charge on any atom is 0.270 e. The van der Waals surface area contributed by atoms with Gasteiger partial charge in [0, 0.05) is 5.56 Å². The van der Waals surface area contributed by atoms with Crippen molar-refractivity contribution in [2.24, 2.45) is 5.73 Å². The van der Waals surface area contributed by atoms with E-state index >= 15 is 0 Å². The first-order valence-electron chi connectivity index (χ1n) is 5.83. The predicted octanol–water partition coefficient (Wildman–Crippen LogP) is 2.19. The smallest absolute Gasteiger partial charge is 0.270 e. The van der Waals surface area contributed by atoms with Crippen molar-refractivity contribution in [3.8, 4) is 17.3 Å². The van der Waals surface area contributed by atoms with Gasteiger partial charge < -0.3 is 10.7 Å². The number of nitrogens with two attached hydrogens (primary N) is 1. The molecule has 0 aliphatic heterocycles. The molecular weight excluding hydrogens is 347 g/mol. The zero-order valence-corrected chi connectivity index (χ0v) is 13.2. The molecule has 1 amide bonds. The maximum atomic E-state index is 12.0. The largest absolute Gasteiger partial charge is 0.369 e. The molecule has 1 heterocycles. The highest BCUT2D eigenvalue weighted by atomic mass is 35.5. The number of aromatic amines is 1. The number of aromatic nitrogens is 2. The monoisotopic (exact) mass is 354 g/mol. The third-order valence-corrected chi connectivity index (χ3v) is 4.19. The summed E-state index contributed by atoms with van der Waals surface area (Å²) in [5.74, 6) is -0.594. The van der Waals surface area contributed by atoms with Gasteiger partial charge in [0.15, 0.2) is 5.16 Å². The first-order chi connectivity index (χ1) is 10.4. The van der Waals surface area contributed by atoms with Crippen molar-refractivity contribution < 1.29 is 4.79 Å². The number of nitrogens with zero attached hydrogens (tertiary/aromatic N) is 2. The van der Waals surface area contributed by atoms with Crippen LogP contribution in [0.1, 0.15) is 5.56 Å². The highest BCUT2D eigenvalue weighted by Gasteiger charge is 2.15. The number of amides is 1. The van der Waals surface area contributed by atoms with E-state index in [0.717, 1.165) is 11.8 Å². The lowest BCUT2D eigenvalue weighted by atomic mass is 10.1. The number of halogens is 2. The van der Waals surface area contributed by atoms with Gasteiger partial charge in [0.25, 0.3) is 5.56 Å². The molecule has 0 radical (unpaired) electrons. The number of H-pyrrole nitrogens is 1. The molecule has 0 saturated heterocycles. The molecule has 2 rings (SSSR count). The molecule has 1 aromatic carbocycles. The van der Waals surface area contributed by atoms with E-state index in [2.05, 4.69) is 9.97 Å². The number of primary amides is 1. The highest BCUT2D eigenvalue weighted by molar-refractivity contribution is 7.99. The molecule has 112 valence electrons. The minimum atomic E-state index is -0.606. The summed E-state index contributed by atoms with van der Waals surface area (Å²) in [5.41, 5.74) is 4.93. The van der Waals surface area contributed by atoms with Gasteiger partial charge in [0.05, 0.1) is 21.5 Å². The standard InChI is InChI=1S/C13H8Cl2N4O2S/c14-8-2-1-6(3-9(8)15)11-7(4-16)12(21)19-13(18-11)22-5-10(17)20/h1-3H,5H2,(H2,17,20)(H,18,19,21). The van der Waals surface area contributed by atoms with E-state index in [0.29, 0.717) is 10.6 Å². The van der Waals surface area contributed by atoms with Gasteiger partial charge >= 0.3 is 0 Å². The van der Waals surface area contributed by atoms with Crippen molar-refractivity contribution in [1.29, 1.82) is 5.26 Å². The van der Waals surface area contributed by atoms with Gasteiger partial charge in [-0.2, -0.15) is 5.26 Å². The van der Waals surface area contributed by atoms with Crippen LogP contribution in [0.25, 0.3) is 11.3 Å². The Balaban J connectivity index is 2.57. The molecule has 3 N–H and O–H groups in total. The molecule has 0 bridgehead atoms. The van der Waals surface area contributed by atoms with E-state index in [1.165, 1.54) is 6.07 Å². The molecule has 9 heteroatoms. The van der Waals surface area contributed by atoms with Crippen LogP contribution in [0.3, 0.4) is 0 Å². The van der Waals surface area contributed by atoms with Gasteiger partial charge in [-0.15, -0.1) is 0 Å². The molecular formula is C13H8Cl2N4O2S. The molecule has 0 spiro atoms. The lowest BCUT2D eigenvalue weighted by Crippen LogP contribution is -2.17. The van der Waals surface area contributed by atoms with E-state index in [1.54, 1.807) is 18.2 Å². The van der Waals surface area contributed by atoms with Gasteiger partial charge in [0.2, 0.25) is 5.91 Å². The molecule has 6 nitrogen and oxygen atoms in total. The Hall–Kier alpha value is -2.01. The quantitative estimate of drug-likeness (QED) is 0.645. The average Bonchev–Trinajstić information content (AvgIpc) is 2.47. The first kappa shape index (κ1) is 16.4. The second-order valence-electron chi connectivity index (χ2n) is 4.09. The lowest BCUT2D eigenvalue weighted by molar-refractivity contribution is -0.115. The SMILES string of the molecule is N#Cc1c(-c2ccc(Cl)c(Cl)c2)nc(SCC(N)=O)[nH]c1=O. The van der Waals surface area contributed by atoms with Crippen molar-refractivity contribution >= 4 is 40.9 Å². The van der Waals surface area contributed by atoms with E-state index in [9.17, 15) is 9.59 Å². The van der Waals surface area contributed by atoms with Crippen LogP contribution < -0.4 is 11.3 Å². The Morgan fingerprint density at radius 1 is 1.41 bits per heavy atom. The van der Waals surface area contributed by atoms with Crippen LogP contribution in [-0.4, -0.2) is 21.6 Å². The molecule has 0 aliphatic carbocycles. The van der Waals surface area contributed by atoms with Crippen LogP contribution in [0.15, 0.2) is 28.2 Å². The minimum absolute atomic E-state index is 0.0460. The molecule has 0 atom stereocenters. The number of carbonyl (C=O) groups excluding carboxylic acids is 1. The van der Waals surface area contributed by atoms with Crippen molar-refractivity contribution in [1.82, 2.24) is 9.97 Å². The lowest BCUT2D eigenvalue weighted by Gasteiger charge is -2.07. The summed E-state index contributed by atoms with van der Waals surface area (Å²) in [6.45, 7) is 0. The number of rotatable bonds is 4. The topological polar surface area (TPSA) is 113 Å². The average molecular weight is 355 g/mol. The normalized spacial score (nSPS) is 10.2. The zero-order valence-electron chi connectivity index (χ0n) is 10.9. The van der Waals surface area contributed by atoms with Crippen LogP contribution in [0.5, 0.6) is 0 Å². The van der Waals surface area contributed by atoms with E-state index in [-0.39, 0.29) is 27.2 Å².